The fourth-order valence-electron chi connectivity index (χ4n) is 2.24. The SMILES string of the molecule is CC(/C=C/c1ncccc1OCCCCCC(=O)O)=N/NC1=NCCN1. The molecule has 0 atom stereocenters. The molecule has 0 radical (unpaired) electrons. The van der Waals surface area contributed by atoms with Crippen LogP contribution in [0.3, 0.4) is 0 Å². The van der Waals surface area contributed by atoms with Crippen molar-refractivity contribution < 1.29 is 14.6 Å². The lowest BCUT2D eigenvalue weighted by Gasteiger charge is -2.08. The fraction of sp³-hybridized carbons (Fsp3) is 0.444. The highest BCUT2D eigenvalue weighted by Gasteiger charge is 2.03. The molecule has 1 aliphatic heterocycles. The molecule has 0 bridgehead atoms. The van der Waals surface area contributed by atoms with Crippen LogP contribution in [0.4, 0.5) is 0 Å². The van der Waals surface area contributed by atoms with Gasteiger partial charge in [-0.05, 0) is 50.5 Å². The van der Waals surface area contributed by atoms with Gasteiger partial charge in [-0.25, -0.2) is 10.4 Å². The lowest BCUT2D eigenvalue weighted by molar-refractivity contribution is -0.137. The Labute approximate surface area is 153 Å². The van der Waals surface area contributed by atoms with Gasteiger partial charge >= 0.3 is 5.97 Å². The van der Waals surface area contributed by atoms with Crippen molar-refractivity contribution in [1.82, 2.24) is 15.7 Å². The molecular formula is C18H25N5O3. The lowest BCUT2D eigenvalue weighted by Crippen LogP contribution is -2.30. The maximum atomic E-state index is 10.5. The van der Waals surface area contributed by atoms with Gasteiger partial charge in [0.05, 0.1) is 18.9 Å². The number of rotatable bonds is 10. The van der Waals surface area contributed by atoms with Crippen molar-refractivity contribution in [2.24, 2.45) is 10.1 Å². The van der Waals surface area contributed by atoms with Gasteiger partial charge in [-0.1, -0.05) is 0 Å². The van der Waals surface area contributed by atoms with Crippen LogP contribution in [0.15, 0.2) is 34.5 Å². The number of allylic oxidation sites excluding steroid dienone is 1. The first-order chi connectivity index (χ1) is 12.6. The number of hydrazone groups is 1. The Balaban J connectivity index is 1.81. The van der Waals surface area contributed by atoms with E-state index in [4.69, 9.17) is 9.84 Å². The molecule has 1 aromatic rings. The van der Waals surface area contributed by atoms with Gasteiger partial charge in [-0.15, -0.1) is 0 Å². The molecule has 0 spiro atoms. The molecule has 0 aliphatic carbocycles. The number of carboxylic acids is 1. The normalized spacial score (nSPS) is 14.2. The molecule has 0 amide bonds. The number of carboxylic acid groups (broad SMARTS) is 1. The van der Waals surface area contributed by atoms with Crippen LogP contribution in [-0.4, -0.2) is 47.4 Å². The second-order valence-electron chi connectivity index (χ2n) is 5.80. The minimum atomic E-state index is -0.757. The van der Waals surface area contributed by atoms with E-state index in [0.29, 0.717) is 24.7 Å². The minimum Gasteiger partial charge on any atom is -0.491 e. The van der Waals surface area contributed by atoms with E-state index in [0.717, 1.165) is 37.3 Å². The summed E-state index contributed by atoms with van der Waals surface area (Å²) in [4.78, 5) is 19.0. The van der Waals surface area contributed by atoms with Crippen molar-refractivity contribution in [3.05, 3.63) is 30.1 Å². The van der Waals surface area contributed by atoms with E-state index in [1.165, 1.54) is 0 Å². The molecule has 0 saturated heterocycles. The average molecular weight is 359 g/mol. The Hall–Kier alpha value is -2.90. The zero-order chi connectivity index (χ0) is 18.6. The molecule has 2 rings (SSSR count). The van der Waals surface area contributed by atoms with Crippen molar-refractivity contribution in [2.75, 3.05) is 19.7 Å². The third kappa shape index (κ3) is 7.33. The zero-order valence-electron chi connectivity index (χ0n) is 14.9. The van der Waals surface area contributed by atoms with Gasteiger partial charge in [0.1, 0.15) is 11.4 Å². The number of aliphatic imine (C=N–C) groups is 1. The molecule has 26 heavy (non-hydrogen) atoms. The quantitative estimate of drug-likeness (QED) is 0.335. The summed E-state index contributed by atoms with van der Waals surface area (Å²) in [5, 5.41) is 15.9. The smallest absolute Gasteiger partial charge is 0.303 e. The number of pyridine rings is 1. The molecule has 140 valence electrons. The minimum absolute atomic E-state index is 0.204. The molecule has 8 heteroatoms. The number of aromatic nitrogens is 1. The summed E-state index contributed by atoms with van der Waals surface area (Å²) >= 11 is 0. The number of guanidine groups is 1. The van der Waals surface area contributed by atoms with E-state index in [9.17, 15) is 4.79 Å². The van der Waals surface area contributed by atoms with E-state index in [-0.39, 0.29) is 6.42 Å². The second-order valence-corrected chi connectivity index (χ2v) is 5.80. The van der Waals surface area contributed by atoms with Crippen molar-refractivity contribution in [3.8, 4) is 5.75 Å². The van der Waals surface area contributed by atoms with Gasteiger partial charge in [0, 0.05) is 19.2 Å². The second kappa shape index (κ2) is 10.9. The standard InChI is InChI=1S/C18H25N5O3/c1-14(22-23-18-20-11-12-21-18)8-9-15-16(6-5-10-19-15)26-13-4-2-3-7-17(24)25/h5-6,8-10H,2-4,7,11-13H2,1H3,(H,24,25)(H2,20,21,23)/b9-8+,22-14-. The number of unbranched alkanes of at least 4 members (excludes halogenated alkanes) is 2. The topological polar surface area (TPSA) is 108 Å². The molecule has 0 unspecified atom stereocenters. The van der Waals surface area contributed by atoms with Crippen molar-refractivity contribution in [3.63, 3.8) is 0 Å². The predicted molar refractivity (Wildman–Crippen MR) is 101 cm³/mol. The highest BCUT2D eigenvalue weighted by atomic mass is 16.5. The highest BCUT2D eigenvalue weighted by Crippen LogP contribution is 2.17. The lowest BCUT2D eigenvalue weighted by atomic mass is 10.2. The maximum Gasteiger partial charge on any atom is 0.303 e. The molecule has 0 fully saturated rings. The molecule has 1 aromatic heterocycles. The van der Waals surface area contributed by atoms with E-state index in [1.807, 2.05) is 31.2 Å². The van der Waals surface area contributed by atoms with Gasteiger partial charge < -0.3 is 15.2 Å². The highest BCUT2D eigenvalue weighted by molar-refractivity contribution is 5.97. The first kappa shape index (κ1) is 19.4. The molecular weight excluding hydrogens is 334 g/mol. The number of nitrogens with zero attached hydrogens (tertiary/aromatic N) is 3. The molecule has 0 aromatic carbocycles. The van der Waals surface area contributed by atoms with Crippen LogP contribution < -0.4 is 15.5 Å². The van der Waals surface area contributed by atoms with E-state index < -0.39 is 5.97 Å². The van der Waals surface area contributed by atoms with Crippen LogP contribution in [0.1, 0.15) is 38.3 Å². The number of aliphatic carboxylic acids is 1. The Morgan fingerprint density at radius 2 is 2.35 bits per heavy atom. The number of ether oxygens (including phenoxy) is 1. The summed E-state index contributed by atoms with van der Waals surface area (Å²) < 4.78 is 5.77. The van der Waals surface area contributed by atoms with Crippen molar-refractivity contribution in [2.45, 2.75) is 32.6 Å². The van der Waals surface area contributed by atoms with Crippen molar-refractivity contribution in [1.29, 1.82) is 0 Å². The maximum absolute atomic E-state index is 10.5. The number of carbonyl (C=O) groups is 1. The van der Waals surface area contributed by atoms with Gasteiger partial charge in [-0.2, -0.15) is 5.10 Å². The Kier molecular flexibility index (Phi) is 8.11. The molecule has 1 aliphatic rings. The summed E-state index contributed by atoms with van der Waals surface area (Å²) in [6.07, 6.45) is 7.92. The summed E-state index contributed by atoms with van der Waals surface area (Å²) in [5.74, 6) is 0.625. The van der Waals surface area contributed by atoms with Crippen LogP contribution >= 0.6 is 0 Å². The van der Waals surface area contributed by atoms with Gasteiger partial charge in [-0.3, -0.25) is 9.78 Å². The van der Waals surface area contributed by atoms with E-state index >= 15 is 0 Å². The summed E-state index contributed by atoms with van der Waals surface area (Å²) in [7, 11) is 0. The number of hydrogen-bond acceptors (Lipinski definition) is 7. The summed E-state index contributed by atoms with van der Waals surface area (Å²) in [6, 6.07) is 3.69. The number of hydrogen-bond donors (Lipinski definition) is 3. The van der Waals surface area contributed by atoms with Crippen LogP contribution in [0.5, 0.6) is 5.75 Å². The Bertz CT molecular complexity index is 685. The van der Waals surface area contributed by atoms with E-state index in [1.54, 1.807) is 6.20 Å². The van der Waals surface area contributed by atoms with E-state index in [2.05, 4.69) is 25.8 Å². The average Bonchev–Trinajstić information content (AvgIpc) is 3.15. The summed E-state index contributed by atoms with van der Waals surface area (Å²) in [5.41, 5.74) is 4.39. The van der Waals surface area contributed by atoms with Gasteiger partial charge in [0.25, 0.3) is 0 Å². The molecule has 8 nitrogen and oxygen atoms in total. The molecule has 2 heterocycles. The van der Waals surface area contributed by atoms with Gasteiger partial charge in [0.15, 0.2) is 0 Å². The van der Waals surface area contributed by atoms with Crippen LogP contribution in [0.25, 0.3) is 6.08 Å². The first-order valence-electron chi connectivity index (χ1n) is 8.71. The third-order valence-electron chi connectivity index (χ3n) is 3.59. The first-order valence-corrected chi connectivity index (χ1v) is 8.71. The molecule has 3 N–H and O–H groups in total. The van der Waals surface area contributed by atoms with Crippen LogP contribution in [0, 0.1) is 0 Å². The zero-order valence-corrected chi connectivity index (χ0v) is 14.9. The third-order valence-corrected chi connectivity index (χ3v) is 3.59. The fourth-order valence-corrected chi connectivity index (χ4v) is 2.24. The largest absolute Gasteiger partial charge is 0.491 e. The number of nitrogens with one attached hydrogen (secondary N) is 2. The van der Waals surface area contributed by atoms with Crippen LogP contribution in [-0.2, 0) is 4.79 Å². The molecule has 0 saturated carbocycles. The summed E-state index contributed by atoms with van der Waals surface area (Å²) in [6.45, 7) is 4.01. The van der Waals surface area contributed by atoms with Crippen LogP contribution in [0.2, 0.25) is 0 Å². The van der Waals surface area contributed by atoms with Crippen molar-refractivity contribution >= 4 is 23.7 Å². The predicted octanol–water partition coefficient (Wildman–Crippen LogP) is 2.04. The monoisotopic (exact) mass is 359 g/mol. The van der Waals surface area contributed by atoms with Gasteiger partial charge in [0.2, 0.25) is 5.96 Å². The Morgan fingerprint density at radius 1 is 1.46 bits per heavy atom. The Morgan fingerprint density at radius 3 is 3.12 bits per heavy atom.